The van der Waals surface area contributed by atoms with Crippen molar-refractivity contribution in [3.05, 3.63) is 59.1 Å². The first-order valence-corrected chi connectivity index (χ1v) is 13.2. The molecule has 1 aliphatic heterocycles. The Morgan fingerprint density at radius 2 is 1.59 bits per heavy atom. The van der Waals surface area contributed by atoms with E-state index >= 15 is 0 Å². The van der Waals surface area contributed by atoms with Gasteiger partial charge in [-0.15, -0.1) is 11.3 Å². The van der Waals surface area contributed by atoms with Crippen LogP contribution in [-0.4, -0.2) is 62.2 Å². The number of aromatic nitrogens is 1. The third-order valence-corrected chi connectivity index (χ3v) is 8.35. The van der Waals surface area contributed by atoms with E-state index < -0.39 is 10.0 Å². The highest BCUT2D eigenvalue weighted by Gasteiger charge is 2.47. The fraction of sp³-hybridized carbons (Fsp3) is 0.292. The molecule has 2 aromatic carbocycles. The summed E-state index contributed by atoms with van der Waals surface area (Å²) in [6.07, 6.45) is 1.20. The number of piperidine rings is 1. The smallest absolute Gasteiger partial charge is 0.282 e. The molecule has 2 heterocycles. The summed E-state index contributed by atoms with van der Waals surface area (Å²) in [7, 11) is -0.424. The van der Waals surface area contributed by atoms with Crippen molar-refractivity contribution in [2.75, 3.05) is 27.2 Å². The number of primary sulfonamides is 1. The second-order valence-corrected chi connectivity index (χ2v) is 11.6. The van der Waals surface area contributed by atoms with E-state index in [1.807, 2.05) is 17.0 Å². The topological polar surface area (TPSA) is 114 Å². The molecule has 2 amide bonds. The maximum absolute atomic E-state index is 13.2. The first kappa shape index (κ1) is 22.7. The van der Waals surface area contributed by atoms with Crippen LogP contribution in [-0.2, 0) is 10.0 Å². The van der Waals surface area contributed by atoms with Gasteiger partial charge in [-0.05, 0) is 48.1 Å². The van der Waals surface area contributed by atoms with Crippen LogP contribution < -0.4 is 5.14 Å². The number of amides is 2. The van der Waals surface area contributed by atoms with Gasteiger partial charge in [-0.3, -0.25) is 9.59 Å². The van der Waals surface area contributed by atoms with E-state index in [-0.39, 0.29) is 16.7 Å². The molecule has 10 heteroatoms. The molecule has 1 saturated heterocycles. The van der Waals surface area contributed by atoms with Crippen LogP contribution in [0.15, 0.2) is 53.4 Å². The zero-order valence-electron chi connectivity index (χ0n) is 18.8. The summed E-state index contributed by atoms with van der Waals surface area (Å²) in [5.41, 5.74) is 2.66. The number of benzene rings is 2. The molecule has 2 N–H and O–H groups in total. The van der Waals surface area contributed by atoms with Gasteiger partial charge in [0.15, 0.2) is 5.01 Å². The van der Waals surface area contributed by atoms with E-state index in [2.05, 4.69) is 0 Å². The summed E-state index contributed by atoms with van der Waals surface area (Å²) in [6.45, 7) is 1.55. The first-order chi connectivity index (χ1) is 16.1. The number of nitrogens with zero attached hydrogens (tertiary/aromatic N) is 3. The Kier molecular flexibility index (Phi) is 5.54. The number of sulfonamides is 1. The van der Waals surface area contributed by atoms with Gasteiger partial charge in [-0.2, -0.15) is 0 Å². The summed E-state index contributed by atoms with van der Waals surface area (Å²) < 4.78 is 23.3. The van der Waals surface area contributed by atoms with Crippen molar-refractivity contribution in [2.45, 2.75) is 11.3 Å². The fourth-order valence-electron chi connectivity index (χ4n) is 4.33. The highest BCUT2D eigenvalue weighted by Crippen LogP contribution is 2.46. The van der Waals surface area contributed by atoms with Crippen LogP contribution in [0, 0.1) is 11.8 Å². The molecule has 8 nitrogen and oxygen atoms in total. The van der Waals surface area contributed by atoms with Crippen molar-refractivity contribution in [1.29, 1.82) is 0 Å². The lowest BCUT2D eigenvalue weighted by molar-refractivity contribution is 0.0774. The number of hydrogen-bond donors (Lipinski definition) is 1. The van der Waals surface area contributed by atoms with Crippen molar-refractivity contribution in [2.24, 2.45) is 17.0 Å². The highest BCUT2D eigenvalue weighted by atomic mass is 32.2. The molecular weight excluding hydrogens is 472 g/mol. The van der Waals surface area contributed by atoms with Crippen LogP contribution in [0.25, 0.3) is 21.7 Å². The summed E-state index contributed by atoms with van der Waals surface area (Å²) in [5, 5.41) is 5.63. The number of fused-ring (bicyclic) bond motifs is 1. The first-order valence-electron chi connectivity index (χ1n) is 10.9. The molecule has 2 aliphatic rings. The van der Waals surface area contributed by atoms with E-state index in [0.29, 0.717) is 28.1 Å². The van der Waals surface area contributed by atoms with Gasteiger partial charge in [0.1, 0.15) is 0 Å². The molecule has 2 fully saturated rings. The van der Waals surface area contributed by atoms with Crippen LogP contribution in [0.2, 0.25) is 0 Å². The van der Waals surface area contributed by atoms with Gasteiger partial charge in [-0.1, -0.05) is 24.3 Å². The molecule has 0 spiro atoms. The standard InChI is InChI=1S/C24H24N4O4S2/c1-27(2)23(29)16-5-3-14(4-6-16)20-21(15-7-9-19(10-8-15)34(25,31)32)33-22(26-20)24(30)28-12-17-11-18(17)13-28/h3-10,17-18H,11-13H2,1-2H3,(H2,25,31,32). The van der Waals surface area contributed by atoms with E-state index in [1.54, 1.807) is 38.4 Å². The minimum atomic E-state index is -3.81. The van der Waals surface area contributed by atoms with Crippen molar-refractivity contribution in [3.8, 4) is 21.7 Å². The van der Waals surface area contributed by atoms with Gasteiger partial charge < -0.3 is 9.80 Å². The van der Waals surface area contributed by atoms with Crippen molar-refractivity contribution < 1.29 is 18.0 Å². The minimum absolute atomic E-state index is 0.0152. The molecular formula is C24H24N4O4S2. The molecule has 34 heavy (non-hydrogen) atoms. The lowest BCUT2D eigenvalue weighted by atomic mass is 10.0. The van der Waals surface area contributed by atoms with Crippen molar-refractivity contribution in [3.63, 3.8) is 0 Å². The zero-order chi connectivity index (χ0) is 24.2. The Labute approximate surface area is 202 Å². The number of likely N-dealkylation sites (tertiary alicyclic amines) is 1. The maximum Gasteiger partial charge on any atom is 0.282 e. The number of carbonyl (C=O) groups excluding carboxylic acids is 2. The highest BCUT2D eigenvalue weighted by molar-refractivity contribution is 7.89. The van der Waals surface area contributed by atoms with Gasteiger partial charge in [0, 0.05) is 38.3 Å². The summed E-state index contributed by atoms with van der Waals surface area (Å²) in [5.74, 6) is 1.06. The van der Waals surface area contributed by atoms with Crippen molar-refractivity contribution in [1.82, 2.24) is 14.8 Å². The Hall–Kier alpha value is -3.08. The summed E-state index contributed by atoms with van der Waals surface area (Å²) in [4.78, 5) is 34.3. The SMILES string of the molecule is CN(C)C(=O)c1ccc(-c2nc(C(=O)N3CC4CC4C3)sc2-c2ccc(S(N)(=O)=O)cc2)cc1. The Bertz CT molecular complexity index is 1370. The van der Waals surface area contributed by atoms with Gasteiger partial charge in [-0.25, -0.2) is 18.5 Å². The molecule has 1 saturated carbocycles. The van der Waals surface area contributed by atoms with Crippen molar-refractivity contribution >= 4 is 33.2 Å². The summed E-state index contributed by atoms with van der Waals surface area (Å²) >= 11 is 1.29. The third kappa shape index (κ3) is 4.24. The largest absolute Gasteiger partial charge is 0.345 e. The predicted molar refractivity (Wildman–Crippen MR) is 130 cm³/mol. The molecule has 3 aromatic rings. The Balaban J connectivity index is 1.54. The van der Waals surface area contributed by atoms with Gasteiger partial charge in [0.25, 0.3) is 11.8 Å². The fourth-order valence-corrected chi connectivity index (χ4v) is 5.90. The van der Waals surface area contributed by atoms with Gasteiger partial charge in [0.2, 0.25) is 10.0 Å². The number of rotatable bonds is 5. The second-order valence-electron chi connectivity index (χ2n) is 9.01. The average Bonchev–Trinajstić information content (AvgIpc) is 3.21. The van der Waals surface area contributed by atoms with Gasteiger partial charge in [0.05, 0.1) is 15.5 Å². The van der Waals surface area contributed by atoms with E-state index in [4.69, 9.17) is 10.1 Å². The lowest BCUT2D eigenvalue weighted by Crippen LogP contribution is -2.30. The van der Waals surface area contributed by atoms with E-state index in [9.17, 15) is 18.0 Å². The van der Waals surface area contributed by atoms with Crippen LogP contribution in [0.5, 0.6) is 0 Å². The Morgan fingerprint density at radius 1 is 1.00 bits per heavy atom. The number of carbonyl (C=O) groups is 2. The molecule has 2 atom stereocenters. The molecule has 0 radical (unpaired) electrons. The quantitative estimate of drug-likeness (QED) is 0.583. The molecule has 5 rings (SSSR count). The maximum atomic E-state index is 13.2. The molecule has 1 aromatic heterocycles. The normalized spacial score (nSPS) is 19.1. The van der Waals surface area contributed by atoms with Crippen LogP contribution in [0.1, 0.15) is 26.6 Å². The Morgan fingerprint density at radius 3 is 2.15 bits per heavy atom. The predicted octanol–water partition coefficient (Wildman–Crippen LogP) is 2.92. The second kappa shape index (κ2) is 8.30. The van der Waals surface area contributed by atoms with Crippen LogP contribution in [0.3, 0.4) is 0 Å². The van der Waals surface area contributed by atoms with Crippen LogP contribution in [0.4, 0.5) is 0 Å². The zero-order valence-corrected chi connectivity index (χ0v) is 20.4. The summed E-state index contributed by atoms with van der Waals surface area (Å²) in [6, 6.07) is 13.3. The van der Waals surface area contributed by atoms with Gasteiger partial charge >= 0.3 is 0 Å². The minimum Gasteiger partial charge on any atom is -0.345 e. The number of hydrogen-bond acceptors (Lipinski definition) is 6. The van der Waals surface area contributed by atoms with E-state index in [0.717, 1.165) is 29.1 Å². The molecule has 0 bridgehead atoms. The molecule has 1 aliphatic carbocycles. The molecule has 176 valence electrons. The van der Waals surface area contributed by atoms with E-state index in [1.165, 1.54) is 34.8 Å². The lowest BCUT2D eigenvalue weighted by Gasteiger charge is -2.15. The van der Waals surface area contributed by atoms with Crippen LogP contribution >= 0.6 is 11.3 Å². The molecule has 2 unspecified atom stereocenters. The third-order valence-electron chi connectivity index (χ3n) is 6.33. The average molecular weight is 497 g/mol. The number of thiazole rings is 1. The monoisotopic (exact) mass is 496 g/mol. The number of nitrogens with two attached hydrogens (primary N) is 1.